The van der Waals surface area contributed by atoms with Crippen molar-refractivity contribution >= 4 is 22.9 Å². The quantitative estimate of drug-likeness (QED) is 0.360. The van der Waals surface area contributed by atoms with Crippen molar-refractivity contribution in [2.45, 2.75) is 31.9 Å². The molecule has 0 aliphatic heterocycles. The van der Waals surface area contributed by atoms with Crippen molar-refractivity contribution in [1.82, 2.24) is 19.9 Å². The van der Waals surface area contributed by atoms with Crippen LogP contribution in [-0.4, -0.2) is 40.2 Å². The van der Waals surface area contributed by atoms with Crippen LogP contribution in [0.3, 0.4) is 0 Å². The number of anilines is 1. The maximum Gasteiger partial charge on any atom is 0.405 e. The van der Waals surface area contributed by atoms with Gasteiger partial charge < -0.3 is 10.6 Å². The van der Waals surface area contributed by atoms with Gasteiger partial charge in [-0.1, -0.05) is 31.2 Å². The molecule has 1 amide bonds. The molecule has 1 saturated carbocycles. The van der Waals surface area contributed by atoms with Gasteiger partial charge in [0.05, 0.1) is 5.69 Å². The van der Waals surface area contributed by atoms with Crippen LogP contribution in [-0.2, 0) is 0 Å². The zero-order valence-corrected chi connectivity index (χ0v) is 20.8. The first-order chi connectivity index (χ1) is 18.1. The van der Waals surface area contributed by atoms with E-state index in [2.05, 4.69) is 27.5 Å². The fourth-order valence-electron chi connectivity index (χ4n) is 4.79. The highest BCUT2D eigenvalue weighted by molar-refractivity contribution is 5.94. The first-order valence-corrected chi connectivity index (χ1v) is 12.3. The van der Waals surface area contributed by atoms with E-state index in [0.717, 1.165) is 6.42 Å². The normalized spacial score (nSPS) is 17.2. The molecule has 0 spiro atoms. The predicted molar refractivity (Wildman–Crippen MR) is 140 cm³/mol. The van der Waals surface area contributed by atoms with Gasteiger partial charge in [0, 0.05) is 29.8 Å². The smallest absolute Gasteiger partial charge is 0.355 e. The van der Waals surface area contributed by atoms with Crippen LogP contribution in [0.5, 0.6) is 0 Å². The SMILES string of the molecule is CNC(=O)c1ccc(-c2cc3cnc(NCC(F)(F)F)nc3n(-c3ccc(C4CCC4C)cc3)c2=O)cc1. The monoisotopic (exact) mass is 521 g/mol. The second-order valence-electron chi connectivity index (χ2n) is 9.55. The van der Waals surface area contributed by atoms with E-state index in [1.807, 2.05) is 24.3 Å². The van der Waals surface area contributed by atoms with E-state index in [-0.39, 0.29) is 17.5 Å². The van der Waals surface area contributed by atoms with Crippen molar-refractivity contribution in [2.24, 2.45) is 5.92 Å². The van der Waals surface area contributed by atoms with Crippen LogP contribution in [0.15, 0.2) is 65.6 Å². The van der Waals surface area contributed by atoms with E-state index in [1.165, 1.54) is 29.8 Å². The molecule has 1 aliphatic carbocycles. The fraction of sp³-hybridized carbons (Fsp3) is 0.286. The maximum atomic E-state index is 13.8. The lowest BCUT2D eigenvalue weighted by Crippen LogP contribution is -2.24. The van der Waals surface area contributed by atoms with Crippen molar-refractivity contribution in [3.05, 3.63) is 82.3 Å². The predicted octanol–water partition coefficient (Wildman–Crippen LogP) is 5.30. The maximum absolute atomic E-state index is 13.8. The number of nitrogens with one attached hydrogen (secondary N) is 2. The molecule has 0 bridgehead atoms. The van der Waals surface area contributed by atoms with Gasteiger partial charge in [-0.2, -0.15) is 18.2 Å². The molecular weight excluding hydrogens is 495 g/mol. The van der Waals surface area contributed by atoms with E-state index in [1.54, 1.807) is 30.3 Å². The number of benzene rings is 2. The van der Waals surface area contributed by atoms with E-state index >= 15 is 0 Å². The van der Waals surface area contributed by atoms with Gasteiger partial charge in [-0.05, 0) is 66.1 Å². The Morgan fingerprint density at radius 2 is 1.79 bits per heavy atom. The first-order valence-electron chi connectivity index (χ1n) is 12.3. The summed E-state index contributed by atoms with van der Waals surface area (Å²) in [6, 6.07) is 15.9. The first kappa shape index (κ1) is 25.4. The zero-order chi connectivity index (χ0) is 27.0. The lowest BCUT2D eigenvalue weighted by atomic mass is 9.71. The van der Waals surface area contributed by atoms with Crippen LogP contribution in [0.2, 0.25) is 0 Å². The van der Waals surface area contributed by atoms with Crippen LogP contribution in [0.25, 0.3) is 27.8 Å². The van der Waals surface area contributed by atoms with Crippen LogP contribution in [0.4, 0.5) is 19.1 Å². The summed E-state index contributed by atoms with van der Waals surface area (Å²) in [5, 5.41) is 5.22. The average Bonchev–Trinajstić information content (AvgIpc) is 2.90. The zero-order valence-electron chi connectivity index (χ0n) is 20.8. The summed E-state index contributed by atoms with van der Waals surface area (Å²) in [4.78, 5) is 34.1. The number of nitrogens with zero attached hydrogens (tertiary/aromatic N) is 3. The molecule has 2 aromatic heterocycles. The molecule has 1 fully saturated rings. The van der Waals surface area contributed by atoms with E-state index in [0.29, 0.717) is 39.6 Å². The topological polar surface area (TPSA) is 88.9 Å². The molecule has 38 heavy (non-hydrogen) atoms. The van der Waals surface area contributed by atoms with Gasteiger partial charge >= 0.3 is 6.18 Å². The third kappa shape index (κ3) is 4.98. The Morgan fingerprint density at radius 1 is 1.08 bits per heavy atom. The van der Waals surface area contributed by atoms with Gasteiger partial charge in [0.25, 0.3) is 11.5 Å². The Hall–Kier alpha value is -4.21. The molecule has 2 heterocycles. The van der Waals surface area contributed by atoms with Gasteiger partial charge in [0.2, 0.25) is 5.95 Å². The average molecular weight is 522 g/mol. The molecule has 0 radical (unpaired) electrons. The third-order valence-electron chi connectivity index (χ3n) is 7.07. The third-order valence-corrected chi connectivity index (χ3v) is 7.07. The van der Waals surface area contributed by atoms with E-state index in [9.17, 15) is 22.8 Å². The Morgan fingerprint density at radius 3 is 2.37 bits per heavy atom. The highest BCUT2D eigenvalue weighted by Crippen LogP contribution is 2.42. The van der Waals surface area contributed by atoms with Crippen molar-refractivity contribution in [1.29, 1.82) is 0 Å². The molecule has 4 aromatic rings. The number of amides is 1. The van der Waals surface area contributed by atoms with E-state index in [4.69, 9.17) is 0 Å². The molecule has 10 heteroatoms. The Kier molecular flexibility index (Phi) is 6.64. The largest absolute Gasteiger partial charge is 0.405 e. The second kappa shape index (κ2) is 9.92. The molecule has 2 aromatic carbocycles. The number of carbonyl (C=O) groups is 1. The highest BCUT2D eigenvalue weighted by atomic mass is 19.4. The molecule has 196 valence electrons. The Labute approximate surface area is 216 Å². The number of fused-ring (bicyclic) bond motifs is 1. The number of hydrogen-bond acceptors (Lipinski definition) is 5. The summed E-state index contributed by atoms with van der Waals surface area (Å²) in [6.07, 6.45) is -0.755. The summed E-state index contributed by atoms with van der Waals surface area (Å²) < 4.78 is 39.7. The van der Waals surface area contributed by atoms with Crippen molar-refractivity contribution in [2.75, 3.05) is 18.9 Å². The number of alkyl halides is 3. The van der Waals surface area contributed by atoms with Gasteiger partial charge in [0.1, 0.15) is 6.54 Å². The van der Waals surface area contributed by atoms with Gasteiger partial charge in [0.15, 0.2) is 5.65 Å². The summed E-state index contributed by atoms with van der Waals surface area (Å²) >= 11 is 0. The molecule has 2 unspecified atom stereocenters. The van der Waals surface area contributed by atoms with Gasteiger partial charge in [-0.15, -0.1) is 0 Å². The van der Waals surface area contributed by atoms with E-state index < -0.39 is 18.3 Å². The molecule has 1 aliphatic rings. The van der Waals surface area contributed by atoms with Crippen molar-refractivity contribution < 1.29 is 18.0 Å². The number of pyridine rings is 1. The number of halogens is 3. The van der Waals surface area contributed by atoms with Crippen LogP contribution in [0.1, 0.15) is 41.6 Å². The van der Waals surface area contributed by atoms with Crippen LogP contribution >= 0.6 is 0 Å². The number of aromatic nitrogens is 3. The summed E-state index contributed by atoms with van der Waals surface area (Å²) in [6.45, 7) is 0.915. The lowest BCUT2D eigenvalue weighted by Gasteiger charge is -2.34. The number of carbonyl (C=O) groups excluding carboxylic acids is 1. The summed E-state index contributed by atoms with van der Waals surface area (Å²) in [5.74, 6) is 0.592. The van der Waals surface area contributed by atoms with Gasteiger partial charge in [-0.3, -0.25) is 14.2 Å². The minimum atomic E-state index is -4.45. The van der Waals surface area contributed by atoms with Crippen LogP contribution < -0.4 is 16.2 Å². The van der Waals surface area contributed by atoms with Crippen molar-refractivity contribution in [3.8, 4) is 16.8 Å². The summed E-state index contributed by atoms with van der Waals surface area (Å²) in [5.41, 5.74) is 2.89. The number of rotatable bonds is 6. The fourth-order valence-corrected chi connectivity index (χ4v) is 4.79. The standard InChI is InChI=1S/C28H26F3N5O2/c1-16-3-12-22(16)17-8-10-21(11-9-17)36-24-20(14-33-27(35-24)34-15-28(29,30)31)13-23(26(36)38)18-4-6-19(7-5-18)25(37)32-2/h4-11,13-14,16,22H,3,12,15H2,1-2H3,(H,32,37)(H,33,34,35). The minimum absolute atomic E-state index is 0.185. The lowest BCUT2D eigenvalue weighted by molar-refractivity contribution is -0.115. The Bertz CT molecular complexity index is 1550. The molecule has 2 N–H and O–H groups in total. The van der Waals surface area contributed by atoms with Crippen molar-refractivity contribution in [3.63, 3.8) is 0 Å². The second-order valence-corrected chi connectivity index (χ2v) is 9.55. The molecule has 2 atom stereocenters. The molecule has 5 rings (SSSR count). The highest BCUT2D eigenvalue weighted by Gasteiger charge is 2.28. The minimum Gasteiger partial charge on any atom is -0.355 e. The number of hydrogen-bond donors (Lipinski definition) is 2. The van der Waals surface area contributed by atoms with Gasteiger partial charge in [-0.25, -0.2) is 4.98 Å². The van der Waals surface area contributed by atoms with Crippen LogP contribution in [0, 0.1) is 5.92 Å². The summed E-state index contributed by atoms with van der Waals surface area (Å²) in [7, 11) is 1.53. The molecule has 0 saturated heterocycles. The molecule has 7 nitrogen and oxygen atoms in total. The molecular formula is C28H26F3N5O2. The Balaban J connectivity index is 1.64.